The fourth-order valence-electron chi connectivity index (χ4n) is 2.64. The number of nitrogens with zero attached hydrogens (tertiary/aromatic N) is 1. The molecule has 0 saturated heterocycles. The van der Waals surface area contributed by atoms with Gasteiger partial charge in [0.1, 0.15) is 5.75 Å². The van der Waals surface area contributed by atoms with E-state index in [-0.39, 0.29) is 0 Å². The average molecular weight is 280 g/mol. The minimum Gasteiger partial charge on any atom is -0.508 e. The highest BCUT2D eigenvalue weighted by Gasteiger charge is 2.08. The lowest BCUT2D eigenvalue weighted by Gasteiger charge is -2.11. The van der Waals surface area contributed by atoms with Gasteiger partial charge in [-0.15, -0.1) is 0 Å². The largest absolute Gasteiger partial charge is 0.508 e. The molecule has 0 aliphatic heterocycles. The van der Waals surface area contributed by atoms with Crippen molar-refractivity contribution in [3.05, 3.63) is 65.9 Å². The van der Waals surface area contributed by atoms with Gasteiger partial charge in [-0.25, -0.2) is 0 Å². The maximum atomic E-state index is 9.41. The smallest absolute Gasteiger partial charge is 0.115 e. The van der Waals surface area contributed by atoms with Crippen molar-refractivity contribution in [2.75, 3.05) is 6.54 Å². The highest BCUT2D eigenvalue weighted by atomic mass is 16.3. The minimum atomic E-state index is 0.309. The number of fused-ring (bicyclic) bond motifs is 1. The van der Waals surface area contributed by atoms with Crippen molar-refractivity contribution >= 4 is 10.9 Å². The van der Waals surface area contributed by atoms with Crippen LogP contribution in [0.15, 0.2) is 54.6 Å². The van der Waals surface area contributed by atoms with Gasteiger partial charge < -0.3 is 15.0 Å². The molecule has 0 unspecified atom stereocenters. The van der Waals surface area contributed by atoms with E-state index < -0.39 is 0 Å². The Labute approximate surface area is 124 Å². The normalized spacial score (nSPS) is 11.1. The zero-order valence-electron chi connectivity index (χ0n) is 12.2. The summed E-state index contributed by atoms with van der Waals surface area (Å²) in [6.45, 7) is 4.76. The van der Waals surface area contributed by atoms with Gasteiger partial charge >= 0.3 is 0 Å². The van der Waals surface area contributed by atoms with Crippen molar-refractivity contribution in [1.82, 2.24) is 9.88 Å². The molecule has 108 valence electrons. The molecular weight excluding hydrogens is 260 g/mol. The number of rotatable bonds is 5. The summed E-state index contributed by atoms with van der Waals surface area (Å²) in [6.07, 6.45) is 0. The van der Waals surface area contributed by atoms with Crippen LogP contribution in [-0.4, -0.2) is 16.2 Å². The first-order valence-corrected chi connectivity index (χ1v) is 7.33. The molecule has 1 heterocycles. The molecule has 0 aliphatic carbocycles. The van der Waals surface area contributed by atoms with Crippen LogP contribution >= 0.6 is 0 Å². The van der Waals surface area contributed by atoms with Crippen molar-refractivity contribution < 1.29 is 5.11 Å². The summed E-state index contributed by atoms with van der Waals surface area (Å²) < 4.78 is 2.34. The standard InChI is InChI=1S/C18H20N2O/c1-2-19-12-16-11-15-5-3-4-6-18(15)20(16)13-14-7-9-17(21)10-8-14/h3-11,19,21H,2,12-13H2,1H3. The van der Waals surface area contributed by atoms with E-state index in [1.54, 1.807) is 12.1 Å². The third kappa shape index (κ3) is 2.93. The molecule has 0 amide bonds. The van der Waals surface area contributed by atoms with Crippen LogP contribution in [0.2, 0.25) is 0 Å². The Bertz CT molecular complexity index is 729. The predicted molar refractivity (Wildman–Crippen MR) is 86.5 cm³/mol. The van der Waals surface area contributed by atoms with Gasteiger partial charge in [-0.3, -0.25) is 0 Å². The van der Waals surface area contributed by atoms with Gasteiger partial charge in [0.05, 0.1) is 0 Å². The first kappa shape index (κ1) is 13.7. The Morgan fingerprint density at radius 3 is 2.57 bits per heavy atom. The molecule has 0 radical (unpaired) electrons. The van der Waals surface area contributed by atoms with Crippen LogP contribution < -0.4 is 5.32 Å². The fraction of sp³-hybridized carbons (Fsp3) is 0.222. The van der Waals surface area contributed by atoms with Crippen molar-refractivity contribution in [2.24, 2.45) is 0 Å². The van der Waals surface area contributed by atoms with E-state index in [2.05, 4.69) is 47.1 Å². The Balaban J connectivity index is 1.99. The topological polar surface area (TPSA) is 37.2 Å². The highest BCUT2D eigenvalue weighted by Crippen LogP contribution is 2.22. The van der Waals surface area contributed by atoms with E-state index in [1.165, 1.54) is 22.2 Å². The monoisotopic (exact) mass is 280 g/mol. The van der Waals surface area contributed by atoms with E-state index in [1.807, 2.05) is 12.1 Å². The number of benzene rings is 2. The first-order valence-electron chi connectivity index (χ1n) is 7.33. The van der Waals surface area contributed by atoms with Gasteiger partial charge in [-0.2, -0.15) is 0 Å². The lowest BCUT2D eigenvalue weighted by molar-refractivity contribution is 0.475. The van der Waals surface area contributed by atoms with Gasteiger partial charge in [0.15, 0.2) is 0 Å². The lowest BCUT2D eigenvalue weighted by Crippen LogP contribution is -2.15. The van der Waals surface area contributed by atoms with E-state index in [0.29, 0.717) is 5.75 Å². The number of phenolic OH excluding ortho intramolecular Hbond substituents is 1. The van der Waals surface area contributed by atoms with Crippen molar-refractivity contribution in [3.63, 3.8) is 0 Å². The molecule has 3 rings (SSSR count). The average Bonchev–Trinajstić information content (AvgIpc) is 2.85. The summed E-state index contributed by atoms with van der Waals surface area (Å²) in [6, 6.07) is 18.1. The second-order valence-electron chi connectivity index (χ2n) is 5.23. The SMILES string of the molecule is CCNCc1cc2ccccc2n1Cc1ccc(O)cc1. The number of nitrogens with one attached hydrogen (secondary N) is 1. The van der Waals surface area contributed by atoms with Gasteiger partial charge in [-0.05, 0) is 41.8 Å². The maximum absolute atomic E-state index is 9.41. The molecule has 0 atom stereocenters. The van der Waals surface area contributed by atoms with Crippen LogP contribution in [-0.2, 0) is 13.1 Å². The van der Waals surface area contributed by atoms with Gasteiger partial charge in [-0.1, -0.05) is 37.3 Å². The fourth-order valence-corrected chi connectivity index (χ4v) is 2.64. The van der Waals surface area contributed by atoms with Crippen LogP contribution in [0.3, 0.4) is 0 Å². The predicted octanol–water partition coefficient (Wildman–Crippen LogP) is 3.50. The number of para-hydroxylation sites is 1. The summed E-state index contributed by atoms with van der Waals surface area (Å²) in [4.78, 5) is 0. The van der Waals surface area contributed by atoms with Crippen molar-refractivity contribution in [1.29, 1.82) is 0 Å². The number of aromatic nitrogens is 1. The summed E-state index contributed by atoms with van der Waals surface area (Å²) in [5, 5.41) is 14.1. The van der Waals surface area contributed by atoms with E-state index in [9.17, 15) is 5.11 Å². The molecule has 0 spiro atoms. The molecule has 0 saturated carbocycles. The molecule has 3 heteroatoms. The van der Waals surface area contributed by atoms with E-state index in [0.717, 1.165) is 19.6 Å². The molecule has 0 aliphatic rings. The first-order chi connectivity index (χ1) is 10.3. The van der Waals surface area contributed by atoms with Crippen LogP contribution in [0.4, 0.5) is 0 Å². The third-order valence-electron chi connectivity index (χ3n) is 3.73. The van der Waals surface area contributed by atoms with Crippen molar-refractivity contribution in [2.45, 2.75) is 20.0 Å². The van der Waals surface area contributed by atoms with E-state index >= 15 is 0 Å². The zero-order valence-corrected chi connectivity index (χ0v) is 12.2. The molecule has 0 fully saturated rings. The maximum Gasteiger partial charge on any atom is 0.115 e. The van der Waals surface area contributed by atoms with E-state index in [4.69, 9.17) is 0 Å². The van der Waals surface area contributed by atoms with Crippen LogP contribution in [0.25, 0.3) is 10.9 Å². The van der Waals surface area contributed by atoms with Gasteiger partial charge in [0, 0.05) is 24.3 Å². The number of aromatic hydroxyl groups is 1. The Morgan fingerprint density at radius 1 is 1.05 bits per heavy atom. The van der Waals surface area contributed by atoms with Crippen molar-refractivity contribution in [3.8, 4) is 5.75 Å². The second kappa shape index (κ2) is 6.02. The summed E-state index contributed by atoms with van der Waals surface area (Å²) in [5.41, 5.74) is 3.72. The van der Waals surface area contributed by atoms with Crippen LogP contribution in [0.1, 0.15) is 18.2 Å². The summed E-state index contributed by atoms with van der Waals surface area (Å²) >= 11 is 0. The Hall–Kier alpha value is -2.26. The molecule has 2 N–H and O–H groups in total. The quantitative estimate of drug-likeness (QED) is 0.750. The second-order valence-corrected chi connectivity index (χ2v) is 5.23. The molecule has 0 bridgehead atoms. The number of hydrogen-bond acceptors (Lipinski definition) is 2. The van der Waals surface area contributed by atoms with Gasteiger partial charge in [0.25, 0.3) is 0 Å². The molecule has 21 heavy (non-hydrogen) atoms. The molecule has 1 aromatic heterocycles. The molecule has 3 aromatic rings. The third-order valence-corrected chi connectivity index (χ3v) is 3.73. The zero-order chi connectivity index (χ0) is 14.7. The van der Waals surface area contributed by atoms with Crippen LogP contribution in [0.5, 0.6) is 5.75 Å². The summed E-state index contributed by atoms with van der Waals surface area (Å²) in [5.74, 6) is 0.309. The summed E-state index contributed by atoms with van der Waals surface area (Å²) in [7, 11) is 0. The minimum absolute atomic E-state index is 0.309. The molecular formula is C18H20N2O. The number of phenols is 1. The number of hydrogen-bond donors (Lipinski definition) is 2. The highest BCUT2D eigenvalue weighted by molar-refractivity contribution is 5.81. The Morgan fingerprint density at radius 2 is 1.81 bits per heavy atom. The van der Waals surface area contributed by atoms with Gasteiger partial charge in [0.2, 0.25) is 0 Å². The van der Waals surface area contributed by atoms with Crippen LogP contribution in [0, 0.1) is 0 Å². The molecule has 2 aromatic carbocycles. The Kier molecular flexibility index (Phi) is 3.93. The lowest BCUT2D eigenvalue weighted by atomic mass is 10.2. The molecule has 3 nitrogen and oxygen atoms in total.